The summed E-state index contributed by atoms with van der Waals surface area (Å²) in [7, 11) is 0. The molecule has 3 heteroatoms. The van der Waals surface area contributed by atoms with Gasteiger partial charge in [0.2, 0.25) is 5.91 Å². The Bertz CT molecular complexity index is 218. The molecule has 0 spiro atoms. The van der Waals surface area contributed by atoms with Gasteiger partial charge in [-0.25, -0.2) is 0 Å². The number of carbonyl (C=O) groups excluding carboxylic acids is 1. The van der Waals surface area contributed by atoms with E-state index in [0.717, 1.165) is 31.8 Å². The van der Waals surface area contributed by atoms with Gasteiger partial charge in [-0.05, 0) is 38.1 Å². The van der Waals surface area contributed by atoms with Crippen molar-refractivity contribution in [1.82, 2.24) is 10.6 Å². The predicted molar refractivity (Wildman–Crippen MR) is 65.2 cm³/mol. The van der Waals surface area contributed by atoms with E-state index < -0.39 is 0 Å². The van der Waals surface area contributed by atoms with Gasteiger partial charge in [-0.2, -0.15) is 0 Å². The summed E-state index contributed by atoms with van der Waals surface area (Å²) in [6, 6.07) is 0.0726. The van der Waals surface area contributed by atoms with Crippen molar-refractivity contribution in [3.63, 3.8) is 0 Å². The zero-order valence-electron chi connectivity index (χ0n) is 10.1. The molecular weight excluding hydrogens is 200 g/mol. The SMILES string of the molecule is O=C(NCCCC1CC1)C1CCCCCN1. The van der Waals surface area contributed by atoms with Gasteiger partial charge >= 0.3 is 0 Å². The molecule has 1 unspecified atom stereocenters. The first-order valence-electron chi connectivity index (χ1n) is 6.87. The Morgan fingerprint density at radius 2 is 2.06 bits per heavy atom. The van der Waals surface area contributed by atoms with Gasteiger partial charge in [-0.3, -0.25) is 4.79 Å². The van der Waals surface area contributed by atoms with Crippen LogP contribution in [-0.4, -0.2) is 25.0 Å². The van der Waals surface area contributed by atoms with E-state index in [-0.39, 0.29) is 11.9 Å². The molecule has 2 rings (SSSR count). The van der Waals surface area contributed by atoms with Crippen LogP contribution in [-0.2, 0) is 4.79 Å². The topological polar surface area (TPSA) is 41.1 Å². The van der Waals surface area contributed by atoms with E-state index in [2.05, 4.69) is 10.6 Å². The number of rotatable bonds is 5. The quantitative estimate of drug-likeness (QED) is 0.699. The lowest BCUT2D eigenvalue weighted by Gasteiger charge is -2.15. The normalized spacial score (nSPS) is 26.1. The fourth-order valence-electron chi connectivity index (χ4n) is 2.38. The molecule has 0 aromatic rings. The van der Waals surface area contributed by atoms with Crippen LogP contribution in [0.2, 0.25) is 0 Å². The van der Waals surface area contributed by atoms with Gasteiger partial charge in [0, 0.05) is 6.54 Å². The first-order chi connectivity index (χ1) is 7.86. The third-order valence-electron chi connectivity index (χ3n) is 3.66. The van der Waals surface area contributed by atoms with Crippen LogP contribution in [0.3, 0.4) is 0 Å². The van der Waals surface area contributed by atoms with Crippen LogP contribution in [0.5, 0.6) is 0 Å². The van der Waals surface area contributed by atoms with E-state index in [1.807, 2.05) is 0 Å². The molecule has 2 N–H and O–H groups in total. The minimum atomic E-state index is 0.0726. The van der Waals surface area contributed by atoms with Crippen molar-refractivity contribution < 1.29 is 4.79 Å². The molecule has 1 aliphatic heterocycles. The average Bonchev–Trinajstić information content (AvgIpc) is 3.10. The number of hydrogen-bond donors (Lipinski definition) is 2. The molecule has 16 heavy (non-hydrogen) atoms. The van der Waals surface area contributed by atoms with Crippen LogP contribution in [0.1, 0.15) is 51.4 Å². The lowest BCUT2D eigenvalue weighted by atomic mass is 10.1. The fourth-order valence-corrected chi connectivity index (χ4v) is 2.38. The molecule has 1 amide bonds. The van der Waals surface area contributed by atoms with E-state index in [4.69, 9.17) is 0 Å². The van der Waals surface area contributed by atoms with Crippen LogP contribution in [0, 0.1) is 5.92 Å². The largest absolute Gasteiger partial charge is 0.355 e. The smallest absolute Gasteiger partial charge is 0.237 e. The Morgan fingerprint density at radius 1 is 1.19 bits per heavy atom. The van der Waals surface area contributed by atoms with Crippen molar-refractivity contribution in [2.45, 2.75) is 57.4 Å². The molecule has 2 fully saturated rings. The molecule has 1 heterocycles. The Hall–Kier alpha value is -0.570. The number of hydrogen-bond acceptors (Lipinski definition) is 2. The highest BCUT2D eigenvalue weighted by Gasteiger charge is 2.21. The summed E-state index contributed by atoms with van der Waals surface area (Å²) >= 11 is 0. The highest BCUT2D eigenvalue weighted by Crippen LogP contribution is 2.33. The zero-order chi connectivity index (χ0) is 11.2. The van der Waals surface area contributed by atoms with Crippen molar-refractivity contribution in [3.05, 3.63) is 0 Å². The maximum Gasteiger partial charge on any atom is 0.237 e. The first-order valence-corrected chi connectivity index (χ1v) is 6.87. The molecule has 1 saturated carbocycles. The van der Waals surface area contributed by atoms with Crippen molar-refractivity contribution in [2.75, 3.05) is 13.1 Å². The second-order valence-electron chi connectivity index (χ2n) is 5.23. The van der Waals surface area contributed by atoms with Crippen LogP contribution < -0.4 is 10.6 Å². The highest BCUT2D eigenvalue weighted by atomic mass is 16.2. The van der Waals surface area contributed by atoms with Gasteiger partial charge in [0.15, 0.2) is 0 Å². The Balaban J connectivity index is 1.57. The highest BCUT2D eigenvalue weighted by molar-refractivity contribution is 5.81. The van der Waals surface area contributed by atoms with E-state index >= 15 is 0 Å². The van der Waals surface area contributed by atoms with E-state index in [1.54, 1.807) is 0 Å². The third kappa shape index (κ3) is 4.12. The third-order valence-corrected chi connectivity index (χ3v) is 3.66. The Morgan fingerprint density at radius 3 is 2.88 bits per heavy atom. The summed E-state index contributed by atoms with van der Waals surface area (Å²) in [5.74, 6) is 1.20. The molecule has 2 aliphatic rings. The van der Waals surface area contributed by atoms with Gasteiger partial charge in [-0.15, -0.1) is 0 Å². The van der Waals surface area contributed by atoms with Crippen LogP contribution in [0.4, 0.5) is 0 Å². The first kappa shape index (κ1) is 11.9. The van der Waals surface area contributed by atoms with Crippen molar-refractivity contribution >= 4 is 5.91 Å². The Labute approximate surface area is 98.4 Å². The summed E-state index contributed by atoms with van der Waals surface area (Å²) in [5, 5.41) is 6.39. The van der Waals surface area contributed by atoms with E-state index in [0.29, 0.717) is 0 Å². The summed E-state index contributed by atoms with van der Waals surface area (Å²) < 4.78 is 0. The molecule has 0 radical (unpaired) electrons. The maximum absolute atomic E-state index is 11.8. The van der Waals surface area contributed by atoms with Crippen LogP contribution in [0.15, 0.2) is 0 Å². The Kier molecular flexibility index (Phi) is 4.64. The summed E-state index contributed by atoms with van der Waals surface area (Å²) in [6.45, 7) is 1.87. The second kappa shape index (κ2) is 6.24. The molecule has 1 aliphatic carbocycles. The lowest BCUT2D eigenvalue weighted by molar-refractivity contribution is -0.123. The van der Waals surface area contributed by atoms with Crippen LogP contribution >= 0.6 is 0 Å². The van der Waals surface area contributed by atoms with Gasteiger partial charge in [0.25, 0.3) is 0 Å². The number of nitrogens with one attached hydrogen (secondary N) is 2. The second-order valence-corrected chi connectivity index (χ2v) is 5.23. The van der Waals surface area contributed by atoms with E-state index in [1.165, 1.54) is 38.5 Å². The van der Waals surface area contributed by atoms with Gasteiger partial charge in [0.1, 0.15) is 0 Å². The number of amides is 1. The molecule has 0 aromatic carbocycles. The summed E-state index contributed by atoms with van der Waals surface area (Å²) in [6.07, 6.45) is 9.96. The van der Waals surface area contributed by atoms with Crippen molar-refractivity contribution in [3.8, 4) is 0 Å². The minimum absolute atomic E-state index is 0.0726. The summed E-state index contributed by atoms with van der Waals surface area (Å²) in [5.41, 5.74) is 0. The molecule has 1 atom stereocenters. The van der Waals surface area contributed by atoms with Gasteiger partial charge in [0.05, 0.1) is 6.04 Å². The van der Waals surface area contributed by atoms with Gasteiger partial charge in [-0.1, -0.05) is 25.7 Å². The van der Waals surface area contributed by atoms with Gasteiger partial charge < -0.3 is 10.6 Å². The molecule has 0 bridgehead atoms. The number of carbonyl (C=O) groups is 1. The monoisotopic (exact) mass is 224 g/mol. The average molecular weight is 224 g/mol. The van der Waals surface area contributed by atoms with Crippen molar-refractivity contribution in [1.29, 1.82) is 0 Å². The molecule has 1 saturated heterocycles. The van der Waals surface area contributed by atoms with E-state index in [9.17, 15) is 4.79 Å². The molecule has 3 nitrogen and oxygen atoms in total. The molecule has 0 aromatic heterocycles. The minimum Gasteiger partial charge on any atom is -0.355 e. The van der Waals surface area contributed by atoms with Crippen LogP contribution in [0.25, 0.3) is 0 Å². The fraction of sp³-hybridized carbons (Fsp3) is 0.923. The predicted octanol–water partition coefficient (Wildman–Crippen LogP) is 1.82. The van der Waals surface area contributed by atoms with Crippen molar-refractivity contribution in [2.24, 2.45) is 5.92 Å². The lowest BCUT2D eigenvalue weighted by Crippen LogP contribution is -2.44. The summed E-state index contributed by atoms with van der Waals surface area (Å²) in [4.78, 5) is 11.8. The standard InChI is InChI=1S/C13H24N2O/c16-13(12-6-2-1-3-9-14-12)15-10-4-5-11-7-8-11/h11-12,14H,1-10H2,(H,15,16). The molecule has 92 valence electrons. The maximum atomic E-state index is 11.8. The zero-order valence-corrected chi connectivity index (χ0v) is 10.1. The molecular formula is C13H24N2O.